The molecule has 0 saturated heterocycles. The summed E-state index contributed by atoms with van der Waals surface area (Å²) in [5, 5.41) is 9.38. The third-order valence-electron chi connectivity index (χ3n) is 4.08. The van der Waals surface area contributed by atoms with Crippen molar-refractivity contribution in [3.63, 3.8) is 0 Å². The van der Waals surface area contributed by atoms with Gasteiger partial charge in [0.1, 0.15) is 5.82 Å². The Kier molecular flexibility index (Phi) is 6.87. The van der Waals surface area contributed by atoms with Crippen molar-refractivity contribution in [2.75, 3.05) is 0 Å². The van der Waals surface area contributed by atoms with Gasteiger partial charge in [-0.15, -0.1) is 0 Å². The van der Waals surface area contributed by atoms with Crippen molar-refractivity contribution in [2.24, 2.45) is 0 Å². The summed E-state index contributed by atoms with van der Waals surface area (Å²) in [4.78, 5) is 0. The highest BCUT2D eigenvalue weighted by Gasteiger charge is 2.93. The normalized spacial score (nSPS) is 16.3. The summed E-state index contributed by atoms with van der Waals surface area (Å²) in [5.41, 5.74) is -1.01. The zero-order valence-electron chi connectivity index (χ0n) is 14.6. The van der Waals surface area contributed by atoms with E-state index in [-0.39, 0.29) is 6.07 Å². The molecule has 1 aromatic rings. The second-order valence-electron chi connectivity index (χ2n) is 6.35. The quantitative estimate of drug-likeness (QED) is 0.392. The van der Waals surface area contributed by atoms with Gasteiger partial charge >= 0.3 is 41.7 Å². The molecule has 1 N–H and O–H groups in total. The average molecular weight is 508 g/mol. The largest absolute Gasteiger partial charge is 0.460 e. The topological polar surface area (TPSA) is 20.2 Å². The van der Waals surface area contributed by atoms with E-state index in [1.165, 1.54) is 0 Å². The van der Waals surface area contributed by atoms with E-state index in [9.17, 15) is 75.4 Å². The van der Waals surface area contributed by atoms with Gasteiger partial charge in [-0.05, 0) is 17.7 Å². The Hall–Kier alpha value is -1.94. The molecule has 1 nitrogen and oxygen atoms in total. The van der Waals surface area contributed by atoms with E-state index in [0.29, 0.717) is 18.2 Å². The van der Waals surface area contributed by atoms with Crippen LogP contribution in [0.3, 0.4) is 0 Å². The lowest BCUT2D eigenvalue weighted by Crippen LogP contribution is -2.72. The van der Waals surface area contributed by atoms with Crippen LogP contribution in [-0.2, 0) is 0 Å². The van der Waals surface area contributed by atoms with Crippen molar-refractivity contribution in [3.05, 3.63) is 35.6 Å². The Balaban J connectivity index is 3.45. The first-order valence-corrected chi connectivity index (χ1v) is 7.65. The summed E-state index contributed by atoms with van der Waals surface area (Å²) < 4.78 is 209. The molecular weight excluding hydrogens is 500 g/mol. The van der Waals surface area contributed by atoms with Crippen LogP contribution in [0.25, 0.3) is 0 Å². The Morgan fingerprint density at radius 3 is 1.44 bits per heavy atom. The Morgan fingerprint density at radius 1 is 0.625 bits per heavy atom. The lowest BCUT2D eigenvalue weighted by molar-refractivity contribution is -0.453. The Bertz CT molecular complexity index is 812. The van der Waals surface area contributed by atoms with Gasteiger partial charge in [0.05, 0.1) is 6.10 Å². The molecule has 1 unspecified atom stereocenters. The van der Waals surface area contributed by atoms with Crippen molar-refractivity contribution in [2.45, 2.75) is 54.2 Å². The second kappa shape index (κ2) is 7.83. The fourth-order valence-corrected chi connectivity index (χ4v) is 2.20. The zero-order chi connectivity index (χ0) is 25.8. The van der Waals surface area contributed by atoms with Crippen molar-refractivity contribution >= 4 is 0 Å². The van der Waals surface area contributed by atoms with Gasteiger partial charge in [-0.1, -0.05) is 12.1 Å². The van der Waals surface area contributed by atoms with E-state index in [0.717, 1.165) is 0 Å². The molecule has 0 aliphatic heterocycles. The highest BCUT2D eigenvalue weighted by atomic mass is 19.4. The van der Waals surface area contributed by atoms with Crippen molar-refractivity contribution < 1.29 is 75.4 Å². The number of hydrogen-bond donors (Lipinski definition) is 1. The minimum Gasteiger partial charge on any atom is -0.388 e. The van der Waals surface area contributed by atoms with Crippen molar-refractivity contribution in [1.29, 1.82) is 0 Å². The lowest BCUT2D eigenvalue weighted by Gasteiger charge is -2.41. The minimum absolute atomic E-state index is 0.198. The monoisotopic (exact) mass is 508 g/mol. The maximum atomic E-state index is 13.7. The first-order valence-electron chi connectivity index (χ1n) is 7.65. The van der Waals surface area contributed by atoms with Gasteiger partial charge in [-0.3, -0.25) is 0 Å². The molecule has 0 fully saturated rings. The molecule has 1 atom stereocenters. The van der Waals surface area contributed by atoms with E-state index < -0.39 is 65.6 Å². The van der Waals surface area contributed by atoms with Crippen LogP contribution in [0, 0.1) is 5.82 Å². The predicted octanol–water partition coefficient (Wildman–Crippen LogP) is 6.62. The molecule has 1 rings (SSSR count). The summed E-state index contributed by atoms with van der Waals surface area (Å²) in [5.74, 6) is -48.6. The summed E-state index contributed by atoms with van der Waals surface area (Å²) in [7, 11) is 0. The molecule has 186 valence electrons. The summed E-state index contributed by atoms with van der Waals surface area (Å²) in [6.45, 7) is 0. The number of halogens is 16. The van der Waals surface area contributed by atoms with Crippen LogP contribution in [0.5, 0.6) is 0 Å². The van der Waals surface area contributed by atoms with E-state index in [4.69, 9.17) is 0 Å². The summed E-state index contributed by atoms with van der Waals surface area (Å²) in [6.07, 6.45) is -13.7. The minimum atomic E-state index is -8.39. The van der Waals surface area contributed by atoms with Crippen molar-refractivity contribution in [1.82, 2.24) is 0 Å². The van der Waals surface area contributed by atoms with E-state index in [2.05, 4.69) is 0 Å². The molecule has 0 radical (unpaired) electrons. The molecule has 0 aromatic heterocycles. The first kappa shape index (κ1) is 28.1. The van der Waals surface area contributed by atoms with E-state index >= 15 is 0 Å². The van der Waals surface area contributed by atoms with Gasteiger partial charge in [0.25, 0.3) is 0 Å². The highest BCUT2D eigenvalue weighted by molar-refractivity contribution is 5.20. The van der Waals surface area contributed by atoms with Crippen LogP contribution in [0.2, 0.25) is 0 Å². The summed E-state index contributed by atoms with van der Waals surface area (Å²) >= 11 is 0. The molecule has 32 heavy (non-hydrogen) atoms. The van der Waals surface area contributed by atoms with Crippen LogP contribution in [0.4, 0.5) is 70.2 Å². The molecular formula is C15H8F16O. The molecule has 0 heterocycles. The number of aliphatic hydroxyl groups excluding tert-OH is 1. The van der Waals surface area contributed by atoms with Crippen LogP contribution < -0.4 is 0 Å². The third kappa shape index (κ3) is 4.07. The van der Waals surface area contributed by atoms with Crippen LogP contribution in [-0.4, -0.2) is 46.8 Å². The van der Waals surface area contributed by atoms with Gasteiger partial charge in [0.2, 0.25) is 0 Å². The highest BCUT2D eigenvalue weighted by Crippen LogP contribution is 2.63. The zero-order valence-corrected chi connectivity index (χ0v) is 14.6. The van der Waals surface area contributed by atoms with E-state index in [1.54, 1.807) is 0 Å². The third-order valence-corrected chi connectivity index (χ3v) is 4.08. The van der Waals surface area contributed by atoms with Crippen LogP contribution in [0.1, 0.15) is 18.1 Å². The maximum absolute atomic E-state index is 13.7. The van der Waals surface area contributed by atoms with Gasteiger partial charge in [0.15, 0.2) is 0 Å². The maximum Gasteiger partial charge on any atom is 0.460 e. The van der Waals surface area contributed by atoms with Gasteiger partial charge in [0, 0.05) is 6.42 Å². The second-order valence-corrected chi connectivity index (χ2v) is 6.35. The predicted molar refractivity (Wildman–Crippen MR) is 71.7 cm³/mol. The molecule has 0 bridgehead atoms. The van der Waals surface area contributed by atoms with Gasteiger partial charge in [-0.2, -0.15) is 65.9 Å². The molecule has 0 aliphatic rings. The number of hydrogen-bond acceptors (Lipinski definition) is 1. The number of benzene rings is 1. The number of aliphatic hydroxyl groups is 1. The van der Waals surface area contributed by atoms with Crippen molar-refractivity contribution in [3.8, 4) is 0 Å². The number of rotatable bonds is 8. The Morgan fingerprint density at radius 2 is 1.03 bits per heavy atom. The molecule has 0 aliphatic carbocycles. The number of alkyl halides is 15. The Labute approximate surface area is 166 Å². The van der Waals surface area contributed by atoms with Crippen LogP contribution in [0.15, 0.2) is 24.3 Å². The molecule has 0 spiro atoms. The smallest absolute Gasteiger partial charge is 0.388 e. The fraction of sp³-hybridized carbons (Fsp3) is 0.600. The SMILES string of the molecule is OC(CC(F)(F)C(F)(F)C(F)(F)C(F)(F)C(F)(F)C(F)(F)C(F)(F)F)c1cccc(F)c1. The van der Waals surface area contributed by atoms with Crippen LogP contribution >= 0.6 is 0 Å². The molecule has 17 heteroatoms. The van der Waals surface area contributed by atoms with Gasteiger partial charge in [-0.25, -0.2) is 4.39 Å². The molecule has 1 aromatic carbocycles. The molecule has 0 saturated carbocycles. The lowest BCUT2D eigenvalue weighted by atomic mass is 9.88. The summed E-state index contributed by atoms with van der Waals surface area (Å²) in [6, 6.07) is 2.07. The van der Waals surface area contributed by atoms with Gasteiger partial charge < -0.3 is 5.11 Å². The molecule has 0 amide bonds. The fourth-order valence-electron chi connectivity index (χ4n) is 2.20. The van der Waals surface area contributed by atoms with E-state index in [1.807, 2.05) is 0 Å². The standard InChI is InChI=1S/C15H8F16O/c16-7-3-1-2-6(4-7)8(32)5-9(17,18)10(19,20)11(21,22)12(23,24)13(25,26)14(27,28)15(29,30)31/h1-4,8,32H,5H2. The first-order chi connectivity index (χ1) is 13.9. The average Bonchev–Trinajstić information content (AvgIpc) is 2.59.